The zero-order chi connectivity index (χ0) is 14.1. The van der Waals surface area contributed by atoms with Crippen LogP contribution in [0.1, 0.15) is 58.3 Å². The van der Waals surface area contributed by atoms with Gasteiger partial charge < -0.3 is 16.2 Å². The molecule has 1 atom stereocenters. The molecule has 4 heteroatoms. The lowest BCUT2D eigenvalue weighted by molar-refractivity contribution is -0.132. The van der Waals surface area contributed by atoms with Crippen LogP contribution in [0.4, 0.5) is 0 Å². The highest BCUT2D eigenvalue weighted by molar-refractivity contribution is 5.83. The fourth-order valence-electron chi connectivity index (χ4n) is 3.12. The number of hydrogen-bond acceptors (Lipinski definition) is 3. The SMILES string of the molecule is CCCC(CCO)CNC(=O)C1(CN)CCCCC1. The van der Waals surface area contributed by atoms with Gasteiger partial charge >= 0.3 is 0 Å². The summed E-state index contributed by atoms with van der Waals surface area (Å²) in [4.78, 5) is 12.4. The molecule has 19 heavy (non-hydrogen) atoms. The van der Waals surface area contributed by atoms with Gasteiger partial charge in [0.1, 0.15) is 0 Å². The molecule has 4 N–H and O–H groups in total. The van der Waals surface area contributed by atoms with E-state index in [0.717, 1.165) is 44.9 Å². The summed E-state index contributed by atoms with van der Waals surface area (Å²) in [5.74, 6) is 0.520. The third-order valence-corrected chi connectivity index (χ3v) is 4.47. The highest BCUT2D eigenvalue weighted by atomic mass is 16.3. The molecule has 1 fully saturated rings. The summed E-state index contributed by atoms with van der Waals surface area (Å²) in [5.41, 5.74) is 5.54. The third-order valence-electron chi connectivity index (χ3n) is 4.47. The molecule has 112 valence electrons. The van der Waals surface area contributed by atoms with Crippen LogP contribution in [0, 0.1) is 11.3 Å². The first-order valence-corrected chi connectivity index (χ1v) is 7.77. The minimum absolute atomic E-state index is 0.133. The lowest BCUT2D eigenvalue weighted by Crippen LogP contribution is -2.48. The molecule has 0 aromatic carbocycles. The van der Waals surface area contributed by atoms with E-state index in [4.69, 9.17) is 10.8 Å². The zero-order valence-corrected chi connectivity index (χ0v) is 12.3. The Bertz CT molecular complexity index is 257. The molecule has 1 saturated carbocycles. The predicted octanol–water partition coefficient (Wildman–Crippen LogP) is 1.81. The first-order valence-electron chi connectivity index (χ1n) is 7.77. The summed E-state index contributed by atoms with van der Waals surface area (Å²) in [5, 5.41) is 12.1. The smallest absolute Gasteiger partial charge is 0.227 e. The van der Waals surface area contributed by atoms with Gasteiger partial charge in [0.05, 0.1) is 5.41 Å². The van der Waals surface area contributed by atoms with Gasteiger partial charge in [0.25, 0.3) is 0 Å². The van der Waals surface area contributed by atoms with Crippen molar-refractivity contribution in [3.05, 3.63) is 0 Å². The Hall–Kier alpha value is -0.610. The molecular formula is C15H30N2O2. The zero-order valence-electron chi connectivity index (χ0n) is 12.3. The van der Waals surface area contributed by atoms with Crippen LogP contribution in [0.2, 0.25) is 0 Å². The lowest BCUT2D eigenvalue weighted by Gasteiger charge is -2.35. The van der Waals surface area contributed by atoms with Gasteiger partial charge in [-0.15, -0.1) is 0 Å². The van der Waals surface area contributed by atoms with Crippen molar-refractivity contribution in [1.29, 1.82) is 0 Å². The van der Waals surface area contributed by atoms with Crippen molar-refractivity contribution in [1.82, 2.24) is 5.32 Å². The van der Waals surface area contributed by atoms with Gasteiger partial charge in [-0.3, -0.25) is 4.79 Å². The fraction of sp³-hybridized carbons (Fsp3) is 0.933. The maximum Gasteiger partial charge on any atom is 0.227 e. The van der Waals surface area contributed by atoms with Crippen LogP contribution in [0.3, 0.4) is 0 Å². The van der Waals surface area contributed by atoms with Crippen LogP contribution in [-0.4, -0.2) is 30.7 Å². The maximum absolute atomic E-state index is 12.4. The van der Waals surface area contributed by atoms with Crippen LogP contribution in [0.5, 0.6) is 0 Å². The van der Waals surface area contributed by atoms with Crippen molar-refractivity contribution in [2.75, 3.05) is 19.7 Å². The Balaban J connectivity index is 2.47. The van der Waals surface area contributed by atoms with Crippen molar-refractivity contribution in [2.24, 2.45) is 17.1 Å². The van der Waals surface area contributed by atoms with E-state index >= 15 is 0 Å². The molecule has 1 amide bonds. The van der Waals surface area contributed by atoms with Crippen molar-refractivity contribution < 1.29 is 9.90 Å². The third kappa shape index (κ3) is 4.77. The fourth-order valence-corrected chi connectivity index (χ4v) is 3.12. The normalized spacial score (nSPS) is 19.9. The summed E-state index contributed by atoms with van der Waals surface area (Å²) >= 11 is 0. The van der Waals surface area contributed by atoms with Crippen LogP contribution >= 0.6 is 0 Å². The molecule has 0 aromatic rings. The topological polar surface area (TPSA) is 75.3 Å². The number of hydrogen-bond donors (Lipinski definition) is 3. The number of nitrogens with one attached hydrogen (secondary N) is 1. The number of carbonyl (C=O) groups excluding carboxylic acids is 1. The highest BCUT2D eigenvalue weighted by Gasteiger charge is 2.37. The first kappa shape index (κ1) is 16.4. The van der Waals surface area contributed by atoms with E-state index in [9.17, 15) is 4.79 Å². The lowest BCUT2D eigenvalue weighted by atomic mass is 9.73. The molecule has 4 nitrogen and oxygen atoms in total. The van der Waals surface area contributed by atoms with E-state index in [2.05, 4.69) is 12.2 Å². The largest absolute Gasteiger partial charge is 0.396 e. The monoisotopic (exact) mass is 270 g/mol. The average Bonchev–Trinajstić information content (AvgIpc) is 2.45. The number of amides is 1. The molecule has 1 aliphatic rings. The van der Waals surface area contributed by atoms with Gasteiger partial charge in [-0.2, -0.15) is 0 Å². The molecule has 0 saturated heterocycles. The van der Waals surface area contributed by atoms with Gasteiger partial charge in [-0.25, -0.2) is 0 Å². The van der Waals surface area contributed by atoms with Crippen LogP contribution in [0.25, 0.3) is 0 Å². The molecule has 0 aliphatic heterocycles. The quantitative estimate of drug-likeness (QED) is 0.629. The summed E-state index contributed by atoms with van der Waals surface area (Å²) in [6, 6.07) is 0. The number of aliphatic hydroxyl groups excluding tert-OH is 1. The van der Waals surface area contributed by atoms with Gasteiger partial charge in [-0.05, 0) is 31.6 Å². The Morgan fingerprint density at radius 1 is 1.32 bits per heavy atom. The highest BCUT2D eigenvalue weighted by Crippen LogP contribution is 2.35. The molecule has 0 spiro atoms. The predicted molar refractivity (Wildman–Crippen MR) is 77.7 cm³/mol. The Morgan fingerprint density at radius 2 is 2.00 bits per heavy atom. The number of nitrogens with two attached hydrogens (primary N) is 1. The van der Waals surface area contributed by atoms with E-state index in [-0.39, 0.29) is 17.9 Å². The molecule has 1 unspecified atom stereocenters. The molecule has 0 aromatic heterocycles. The van der Waals surface area contributed by atoms with E-state index < -0.39 is 0 Å². The van der Waals surface area contributed by atoms with Gasteiger partial charge in [0.2, 0.25) is 5.91 Å². The number of carbonyl (C=O) groups is 1. The Labute approximate surface area is 117 Å². The Morgan fingerprint density at radius 3 is 2.53 bits per heavy atom. The van der Waals surface area contributed by atoms with Crippen molar-refractivity contribution in [3.8, 4) is 0 Å². The van der Waals surface area contributed by atoms with Crippen LogP contribution < -0.4 is 11.1 Å². The standard InChI is InChI=1S/C15H30N2O2/c1-2-6-13(7-10-18)11-17-14(19)15(12-16)8-4-3-5-9-15/h13,18H,2-12,16H2,1H3,(H,17,19). The van der Waals surface area contributed by atoms with Gasteiger partial charge in [0.15, 0.2) is 0 Å². The molecule has 0 radical (unpaired) electrons. The van der Waals surface area contributed by atoms with Crippen LogP contribution in [-0.2, 0) is 4.79 Å². The number of aliphatic hydroxyl groups is 1. The van der Waals surface area contributed by atoms with Crippen molar-refractivity contribution in [3.63, 3.8) is 0 Å². The minimum Gasteiger partial charge on any atom is -0.396 e. The van der Waals surface area contributed by atoms with Gasteiger partial charge in [-0.1, -0.05) is 32.6 Å². The van der Waals surface area contributed by atoms with Crippen LogP contribution in [0.15, 0.2) is 0 Å². The molecule has 0 heterocycles. The second-order valence-electron chi connectivity index (χ2n) is 5.92. The first-order chi connectivity index (χ1) is 9.18. The second-order valence-corrected chi connectivity index (χ2v) is 5.92. The summed E-state index contributed by atoms with van der Waals surface area (Å²) in [6.07, 6.45) is 8.20. The van der Waals surface area contributed by atoms with Gasteiger partial charge in [0, 0.05) is 19.7 Å². The maximum atomic E-state index is 12.4. The molecular weight excluding hydrogens is 240 g/mol. The van der Waals surface area contributed by atoms with E-state index in [0.29, 0.717) is 19.0 Å². The van der Waals surface area contributed by atoms with Crippen molar-refractivity contribution >= 4 is 5.91 Å². The van der Waals surface area contributed by atoms with E-state index in [1.165, 1.54) is 6.42 Å². The Kier molecular flexibility index (Phi) is 7.39. The average molecular weight is 270 g/mol. The number of rotatable bonds is 8. The molecule has 1 aliphatic carbocycles. The minimum atomic E-state index is -0.325. The second kappa shape index (κ2) is 8.54. The van der Waals surface area contributed by atoms with Crippen molar-refractivity contribution in [2.45, 2.75) is 58.3 Å². The molecule has 1 rings (SSSR count). The summed E-state index contributed by atoms with van der Waals surface area (Å²) in [7, 11) is 0. The van der Waals surface area contributed by atoms with E-state index in [1.54, 1.807) is 0 Å². The summed E-state index contributed by atoms with van der Waals surface area (Å²) in [6.45, 7) is 3.46. The summed E-state index contributed by atoms with van der Waals surface area (Å²) < 4.78 is 0. The van der Waals surface area contributed by atoms with E-state index in [1.807, 2.05) is 0 Å². The molecule has 0 bridgehead atoms.